The molecule has 0 radical (unpaired) electrons. The van der Waals surface area contributed by atoms with Gasteiger partial charge in [-0.1, -0.05) is 23.4 Å². The van der Waals surface area contributed by atoms with Gasteiger partial charge in [-0.25, -0.2) is 0 Å². The lowest BCUT2D eigenvalue weighted by molar-refractivity contribution is -0.137. The second kappa shape index (κ2) is 5.56. The maximum atomic E-state index is 12.7. The molecular formula is C10H9ClF3N3OS. The standard InChI is InChI=1S/C10H9ClF3N3OS/c11-7-4-6(10(12,13)14)5-17-8(7)15-16-9(17)19-3-1-2-18/h4-5,18H,1-3H2. The Balaban J connectivity index is 2.42. The minimum absolute atomic E-state index is 0.0122. The van der Waals surface area contributed by atoms with E-state index < -0.39 is 11.7 Å². The Hall–Kier alpha value is -0.990. The van der Waals surface area contributed by atoms with Crippen molar-refractivity contribution in [2.75, 3.05) is 12.4 Å². The van der Waals surface area contributed by atoms with Crippen LogP contribution in [0.1, 0.15) is 12.0 Å². The Morgan fingerprint density at radius 1 is 1.37 bits per heavy atom. The summed E-state index contributed by atoms with van der Waals surface area (Å²) in [4.78, 5) is 0. The van der Waals surface area contributed by atoms with Gasteiger partial charge in [0.05, 0.1) is 10.6 Å². The molecule has 2 aromatic rings. The molecule has 19 heavy (non-hydrogen) atoms. The summed E-state index contributed by atoms with van der Waals surface area (Å²) in [5.74, 6) is 0.533. The van der Waals surface area contributed by atoms with Crippen molar-refractivity contribution < 1.29 is 18.3 Å². The normalized spacial score (nSPS) is 12.3. The highest BCUT2D eigenvalue weighted by Crippen LogP contribution is 2.33. The van der Waals surface area contributed by atoms with E-state index in [4.69, 9.17) is 16.7 Å². The fourth-order valence-electron chi connectivity index (χ4n) is 1.42. The first-order valence-electron chi connectivity index (χ1n) is 5.28. The number of nitrogens with zero attached hydrogens (tertiary/aromatic N) is 3. The first-order chi connectivity index (χ1) is 8.93. The minimum Gasteiger partial charge on any atom is -0.396 e. The fraction of sp³-hybridized carbons (Fsp3) is 0.400. The zero-order valence-electron chi connectivity index (χ0n) is 9.48. The molecule has 0 aliphatic carbocycles. The third-order valence-electron chi connectivity index (χ3n) is 2.29. The largest absolute Gasteiger partial charge is 0.417 e. The summed E-state index contributed by atoms with van der Waals surface area (Å²) in [6.45, 7) is 0.0122. The molecule has 1 N–H and O–H groups in total. The van der Waals surface area contributed by atoms with Crippen molar-refractivity contribution in [3.8, 4) is 0 Å². The van der Waals surface area contributed by atoms with Gasteiger partial charge in [-0.05, 0) is 12.5 Å². The molecule has 0 amide bonds. The highest BCUT2D eigenvalue weighted by Gasteiger charge is 2.32. The van der Waals surface area contributed by atoms with E-state index in [0.29, 0.717) is 17.3 Å². The first-order valence-corrected chi connectivity index (χ1v) is 6.65. The number of alkyl halides is 3. The number of pyridine rings is 1. The monoisotopic (exact) mass is 311 g/mol. The Bertz CT molecular complexity index is 587. The van der Waals surface area contributed by atoms with E-state index in [-0.39, 0.29) is 17.3 Å². The molecule has 4 nitrogen and oxygen atoms in total. The Kier molecular flexibility index (Phi) is 4.22. The molecule has 104 valence electrons. The van der Waals surface area contributed by atoms with Gasteiger partial charge in [0.1, 0.15) is 0 Å². The summed E-state index contributed by atoms with van der Waals surface area (Å²) < 4.78 is 39.3. The van der Waals surface area contributed by atoms with Crippen molar-refractivity contribution in [1.82, 2.24) is 14.6 Å². The number of hydrogen-bond acceptors (Lipinski definition) is 4. The van der Waals surface area contributed by atoms with Gasteiger partial charge < -0.3 is 5.11 Å². The quantitative estimate of drug-likeness (QED) is 0.697. The summed E-state index contributed by atoms with van der Waals surface area (Å²) in [6, 6.07) is 0.827. The lowest BCUT2D eigenvalue weighted by Crippen LogP contribution is -2.07. The van der Waals surface area contributed by atoms with E-state index in [1.807, 2.05) is 0 Å². The number of halogens is 4. The van der Waals surface area contributed by atoms with Crippen LogP contribution in [0.2, 0.25) is 5.02 Å². The lowest BCUT2D eigenvalue weighted by Gasteiger charge is -2.08. The summed E-state index contributed by atoms with van der Waals surface area (Å²) in [6.07, 6.45) is -3.04. The molecule has 0 bridgehead atoms. The van der Waals surface area contributed by atoms with Gasteiger partial charge in [-0.15, -0.1) is 10.2 Å². The predicted molar refractivity (Wildman–Crippen MR) is 65.4 cm³/mol. The van der Waals surface area contributed by atoms with Gasteiger partial charge in [-0.3, -0.25) is 4.40 Å². The SMILES string of the molecule is OCCCSc1nnc2c(Cl)cc(C(F)(F)F)cn12. The number of fused-ring (bicyclic) bond motifs is 1. The number of rotatable bonds is 4. The van der Waals surface area contributed by atoms with Crippen molar-refractivity contribution >= 4 is 29.0 Å². The van der Waals surface area contributed by atoms with Gasteiger partial charge in [0, 0.05) is 18.6 Å². The number of aliphatic hydroxyl groups excluding tert-OH is 1. The zero-order valence-corrected chi connectivity index (χ0v) is 11.1. The number of hydrogen-bond donors (Lipinski definition) is 1. The molecule has 0 unspecified atom stereocenters. The molecule has 0 aliphatic heterocycles. The molecule has 0 saturated carbocycles. The Morgan fingerprint density at radius 2 is 2.11 bits per heavy atom. The van der Waals surface area contributed by atoms with E-state index in [1.165, 1.54) is 16.2 Å². The van der Waals surface area contributed by atoms with Crippen LogP contribution in [-0.4, -0.2) is 32.1 Å². The van der Waals surface area contributed by atoms with E-state index in [1.54, 1.807) is 0 Å². The minimum atomic E-state index is -4.48. The summed E-state index contributed by atoms with van der Waals surface area (Å²) in [7, 11) is 0. The molecule has 9 heteroatoms. The highest BCUT2D eigenvalue weighted by molar-refractivity contribution is 7.99. The number of aliphatic hydroxyl groups is 1. The van der Waals surface area contributed by atoms with Crippen LogP contribution < -0.4 is 0 Å². The van der Waals surface area contributed by atoms with Crippen LogP contribution >= 0.6 is 23.4 Å². The van der Waals surface area contributed by atoms with Crippen molar-refractivity contribution in [3.05, 3.63) is 22.8 Å². The van der Waals surface area contributed by atoms with E-state index in [9.17, 15) is 13.2 Å². The van der Waals surface area contributed by atoms with Crippen molar-refractivity contribution in [2.45, 2.75) is 17.8 Å². The van der Waals surface area contributed by atoms with Gasteiger partial charge >= 0.3 is 6.18 Å². The Morgan fingerprint density at radius 3 is 2.74 bits per heavy atom. The second-order valence-electron chi connectivity index (χ2n) is 3.68. The van der Waals surface area contributed by atoms with Crippen LogP contribution in [0.4, 0.5) is 13.2 Å². The molecular weight excluding hydrogens is 303 g/mol. The maximum absolute atomic E-state index is 12.7. The lowest BCUT2D eigenvalue weighted by atomic mass is 10.3. The molecule has 0 spiro atoms. The molecule has 0 aliphatic rings. The third-order valence-corrected chi connectivity index (χ3v) is 3.60. The van der Waals surface area contributed by atoms with Gasteiger partial charge in [0.15, 0.2) is 10.8 Å². The second-order valence-corrected chi connectivity index (χ2v) is 5.15. The van der Waals surface area contributed by atoms with E-state index >= 15 is 0 Å². The topological polar surface area (TPSA) is 50.4 Å². The summed E-state index contributed by atoms with van der Waals surface area (Å²) >= 11 is 6.98. The average molecular weight is 312 g/mol. The number of aromatic nitrogens is 3. The van der Waals surface area contributed by atoms with Crippen molar-refractivity contribution in [1.29, 1.82) is 0 Å². The predicted octanol–water partition coefficient (Wildman–Crippen LogP) is 2.88. The maximum Gasteiger partial charge on any atom is 0.417 e. The fourth-order valence-corrected chi connectivity index (χ4v) is 2.49. The van der Waals surface area contributed by atoms with Crippen molar-refractivity contribution in [2.24, 2.45) is 0 Å². The van der Waals surface area contributed by atoms with Crippen LogP contribution in [0, 0.1) is 0 Å². The van der Waals surface area contributed by atoms with Crippen molar-refractivity contribution in [3.63, 3.8) is 0 Å². The first kappa shape index (κ1) is 14.4. The highest BCUT2D eigenvalue weighted by atomic mass is 35.5. The molecule has 0 aromatic carbocycles. The molecule has 2 aromatic heterocycles. The molecule has 0 saturated heterocycles. The summed E-state index contributed by atoms with van der Waals surface area (Å²) in [5, 5.41) is 16.4. The van der Waals surface area contributed by atoms with Crippen LogP contribution in [0.25, 0.3) is 5.65 Å². The van der Waals surface area contributed by atoms with E-state index in [2.05, 4.69) is 10.2 Å². The van der Waals surface area contributed by atoms with Gasteiger partial charge in [0.2, 0.25) is 0 Å². The van der Waals surface area contributed by atoms with Gasteiger partial charge in [-0.2, -0.15) is 13.2 Å². The molecule has 2 rings (SSSR count). The van der Waals surface area contributed by atoms with E-state index in [0.717, 1.165) is 12.3 Å². The Labute approximate surface area is 115 Å². The van der Waals surface area contributed by atoms with Crippen LogP contribution in [0.5, 0.6) is 0 Å². The molecule has 0 atom stereocenters. The van der Waals surface area contributed by atoms with Crippen LogP contribution in [-0.2, 0) is 6.18 Å². The van der Waals surface area contributed by atoms with Gasteiger partial charge in [0.25, 0.3) is 0 Å². The average Bonchev–Trinajstić information content (AvgIpc) is 2.72. The summed E-state index contributed by atoms with van der Waals surface area (Å²) in [5.41, 5.74) is -0.671. The molecule has 0 fully saturated rings. The number of thioether (sulfide) groups is 1. The smallest absolute Gasteiger partial charge is 0.396 e. The zero-order chi connectivity index (χ0) is 14.0. The third kappa shape index (κ3) is 3.13. The molecule has 2 heterocycles. The van der Waals surface area contributed by atoms with Crippen LogP contribution in [0.15, 0.2) is 17.4 Å². The van der Waals surface area contributed by atoms with Crippen LogP contribution in [0.3, 0.4) is 0 Å².